The van der Waals surface area contributed by atoms with Gasteiger partial charge in [-0.2, -0.15) is 0 Å². The Kier molecular flexibility index (Phi) is 4.50. The number of fused-ring (bicyclic) bond motifs is 1. The van der Waals surface area contributed by atoms with E-state index < -0.39 is 5.97 Å². The van der Waals surface area contributed by atoms with Crippen LogP contribution in [0.3, 0.4) is 0 Å². The summed E-state index contributed by atoms with van der Waals surface area (Å²) in [5, 5.41) is 9.01. The maximum atomic E-state index is 11.0. The van der Waals surface area contributed by atoms with Crippen LogP contribution >= 0.6 is 0 Å². The van der Waals surface area contributed by atoms with Crippen molar-refractivity contribution >= 4 is 5.97 Å². The summed E-state index contributed by atoms with van der Waals surface area (Å²) >= 11 is 0. The highest BCUT2D eigenvalue weighted by Gasteiger charge is 2.20. The third-order valence-electron chi connectivity index (χ3n) is 4.66. The number of carboxylic acids is 1. The lowest BCUT2D eigenvalue weighted by atomic mass is 10.1. The topological polar surface area (TPSA) is 71.2 Å². The molecule has 1 aliphatic rings. The van der Waals surface area contributed by atoms with Gasteiger partial charge in [-0.25, -0.2) is 9.97 Å². The second-order valence-electron chi connectivity index (χ2n) is 6.51. The number of benzene rings is 1. The van der Waals surface area contributed by atoms with Gasteiger partial charge in [-0.3, -0.25) is 9.69 Å². The standard InChI is InChI=1S/C20H20N4O2/c25-19(26)14-24-9-4-7-17(24)13-23-10-8-18-16(12-23)11-21-20(22-18)15-5-2-1-3-6-15/h1-7,9,11H,8,10,12-14H2,(H,25,26). The molecular weight excluding hydrogens is 328 g/mol. The summed E-state index contributed by atoms with van der Waals surface area (Å²) in [5.41, 5.74) is 4.30. The van der Waals surface area contributed by atoms with Crippen LogP contribution in [0.15, 0.2) is 54.9 Å². The van der Waals surface area contributed by atoms with Crippen LogP contribution in [0.5, 0.6) is 0 Å². The fourth-order valence-electron chi connectivity index (χ4n) is 3.36. The van der Waals surface area contributed by atoms with Crippen molar-refractivity contribution in [3.05, 3.63) is 71.8 Å². The van der Waals surface area contributed by atoms with Crippen molar-refractivity contribution in [3.63, 3.8) is 0 Å². The van der Waals surface area contributed by atoms with E-state index in [1.807, 2.05) is 54.9 Å². The summed E-state index contributed by atoms with van der Waals surface area (Å²) in [4.78, 5) is 22.6. The first-order valence-corrected chi connectivity index (χ1v) is 8.67. The Balaban J connectivity index is 1.49. The lowest BCUT2D eigenvalue weighted by molar-refractivity contribution is -0.137. The van der Waals surface area contributed by atoms with Crippen molar-refractivity contribution in [2.45, 2.75) is 26.1 Å². The van der Waals surface area contributed by atoms with Gasteiger partial charge in [0.05, 0.1) is 5.69 Å². The number of hydrogen-bond donors (Lipinski definition) is 1. The Labute approximate surface area is 151 Å². The number of nitrogens with zero attached hydrogens (tertiary/aromatic N) is 4. The van der Waals surface area contributed by atoms with Gasteiger partial charge in [-0.1, -0.05) is 30.3 Å². The van der Waals surface area contributed by atoms with Gasteiger partial charge in [0.2, 0.25) is 0 Å². The molecule has 6 nitrogen and oxygen atoms in total. The first-order valence-electron chi connectivity index (χ1n) is 8.67. The molecule has 0 amide bonds. The molecule has 0 saturated carbocycles. The number of aliphatic carboxylic acids is 1. The van der Waals surface area contributed by atoms with E-state index in [4.69, 9.17) is 10.1 Å². The Bertz CT molecular complexity index is 921. The molecule has 3 aromatic rings. The molecular formula is C20H20N4O2. The molecule has 1 N–H and O–H groups in total. The maximum absolute atomic E-state index is 11.0. The van der Waals surface area contributed by atoms with E-state index in [0.29, 0.717) is 0 Å². The van der Waals surface area contributed by atoms with Crippen LogP contribution in [0.25, 0.3) is 11.4 Å². The van der Waals surface area contributed by atoms with Gasteiger partial charge in [-0.05, 0) is 12.1 Å². The molecule has 0 aliphatic carbocycles. The lowest BCUT2D eigenvalue weighted by Gasteiger charge is -2.28. The van der Waals surface area contributed by atoms with E-state index in [9.17, 15) is 4.79 Å². The highest BCUT2D eigenvalue weighted by atomic mass is 16.4. The normalized spacial score (nSPS) is 14.2. The van der Waals surface area contributed by atoms with Gasteiger partial charge in [0.25, 0.3) is 0 Å². The molecule has 0 saturated heterocycles. The number of aromatic nitrogens is 3. The highest BCUT2D eigenvalue weighted by molar-refractivity contribution is 5.66. The van der Waals surface area contributed by atoms with Crippen LogP contribution in [0.4, 0.5) is 0 Å². The Hall–Kier alpha value is -2.99. The van der Waals surface area contributed by atoms with E-state index in [1.165, 1.54) is 0 Å². The van der Waals surface area contributed by atoms with Crippen LogP contribution < -0.4 is 0 Å². The molecule has 4 rings (SSSR count). The fraction of sp³-hybridized carbons (Fsp3) is 0.250. The van der Waals surface area contributed by atoms with E-state index in [0.717, 1.165) is 54.4 Å². The number of carbonyl (C=O) groups is 1. The van der Waals surface area contributed by atoms with E-state index in [2.05, 4.69) is 9.88 Å². The molecule has 1 aromatic carbocycles. The summed E-state index contributed by atoms with van der Waals surface area (Å²) in [6.45, 7) is 2.40. The van der Waals surface area contributed by atoms with Gasteiger partial charge in [0.1, 0.15) is 6.54 Å². The fourth-order valence-corrected chi connectivity index (χ4v) is 3.36. The minimum atomic E-state index is -0.826. The number of rotatable bonds is 5. The van der Waals surface area contributed by atoms with Crippen molar-refractivity contribution < 1.29 is 9.90 Å². The molecule has 26 heavy (non-hydrogen) atoms. The van der Waals surface area contributed by atoms with E-state index in [1.54, 1.807) is 4.57 Å². The minimum absolute atomic E-state index is 0.00366. The van der Waals surface area contributed by atoms with Crippen molar-refractivity contribution in [2.75, 3.05) is 6.54 Å². The van der Waals surface area contributed by atoms with Crippen LogP contribution in [-0.4, -0.2) is 37.1 Å². The third-order valence-corrected chi connectivity index (χ3v) is 4.66. The second kappa shape index (κ2) is 7.09. The van der Waals surface area contributed by atoms with Gasteiger partial charge in [0.15, 0.2) is 5.82 Å². The highest BCUT2D eigenvalue weighted by Crippen LogP contribution is 2.22. The van der Waals surface area contributed by atoms with Crippen molar-refractivity contribution in [3.8, 4) is 11.4 Å². The summed E-state index contributed by atoms with van der Waals surface area (Å²) in [6, 6.07) is 13.9. The van der Waals surface area contributed by atoms with Crippen molar-refractivity contribution in [1.29, 1.82) is 0 Å². The van der Waals surface area contributed by atoms with Gasteiger partial charge < -0.3 is 9.67 Å². The van der Waals surface area contributed by atoms with Crippen molar-refractivity contribution in [2.24, 2.45) is 0 Å². The molecule has 132 valence electrons. The van der Waals surface area contributed by atoms with Crippen LogP contribution in [0, 0.1) is 0 Å². The Morgan fingerprint density at radius 3 is 2.81 bits per heavy atom. The number of carboxylic acid groups (broad SMARTS) is 1. The zero-order valence-corrected chi connectivity index (χ0v) is 14.4. The molecule has 6 heteroatoms. The zero-order chi connectivity index (χ0) is 17.9. The molecule has 3 heterocycles. The summed E-state index contributed by atoms with van der Waals surface area (Å²) < 4.78 is 1.78. The van der Waals surface area contributed by atoms with E-state index in [-0.39, 0.29) is 6.54 Å². The monoisotopic (exact) mass is 348 g/mol. The van der Waals surface area contributed by atoms with Crippen molar-refractivity contribution in [1.82, 2.24) is 19.4 Å². The quantitative estimate of drug-likeness (QED) is 0.767. The third kappa shape index (κ3) is 3.50. The Morgan fingerprint density at radius 2 is 2.00 bits per heavy atom. The molecule has 1 aliphatic heterocycles. The lowest BCUT2D eigenvalue weighted by Crippen LogP contribution is -2.32. The zero-order valence-electron chi connectivity index (χ0n) is 14.4. The molecule has 0 spiro atoms. The van der Waals surface area contributed by atoms with Crippen LogP contribution in [0.1, 0.15) is 17.0 Å². The van der Waals surface area contributed by atoms with Gasteiger partial charge in [-0.15, -0.1) is 0 Å². The predicted octanol–water partition coefficient (Wildman–Crippen LogP) is 2.59. The molecule has 0 unspecified atom stereocenters. The summed E-state index contributed by atoms with van der Waals surface area (Å²) in [5.74, 6) is -0.0542. The molecule has 2 aromatic heterocycles. The summed E-state index contributed by atoms with van der Waals surface area (Å²) in [6.07, 6.45) is 4.61. The first-order chi connectivity index (χ1) is 12.7. The Morgan fingerprint density at radius 1 is 1.15 bits per heavy atom. The van der Waals surface area contributed by atoms with Crippen LogP contribution in [0.2, 0.25) is 0 Å². The first kappa shape index (κ1) is 16.5. The van der Waals surface area contributed by atoms with Gasteiger partial charge >= 0.3 is 5.97 Å². The average molecular weight is 348 g/mol. The summed E-state index contributed by atoms with van der Waals surface area (Å²) in [7, 11) is 0. The second-order valence-corrected chi connectivity index (χ2v) is 6.51. The van der Waals surface area contributed by atoms with E-state index >= 15 is 0 Å². The largest absolute Gasteiger partial charge is 0.480 e. The smallest absolute Gasteiger partial charge is 0.323 e. The average Bonchev–Trinajstić information content (AvgIpc) is 3.08. The number of hydrogen-bond acceptors (Lipinski definition) is 4. The molecule has 0 bridgehead atoms. The SMILES string of the molecule is O=C(O)Cn1cccc1CN1CCc2nc(-c3ccccc3)ncc2C1. The molecule has 0 fully saturated rings. The maximum Gasteiger partial charge on any atom is 0.323 e. The molecule has 0 radical (unpaired) electrons. The molecule has 0 atom stereocenters. The van der Waals surface area contributed by atoms with Crippen LogP contribution in [-0.2, 0) is 30.8 Å². The minimum Gasteiger partial charge on any atom is -0.480 e. The van der Waals surface area contributed by atoms with Gasteiger partial charge in [0, 0.05) is 55.3 Å². The predicted molar refractivity (Wildman–Crippen MR) is 97.4 cm³/mol.